The zero-order valence-electron chi connectivity index (χ0n) is 27.6. The molecule has 4 aromatic heterocycles. The van der Waals surface area contributed by atoms with Crippen LogP contribution in [0, 0.1) is 0 Å². The highest BCUT2D eigenvalue weighted by molar-refractivity contribution is 6.16. The quantitative estimate of drug-likeness (QED) is 0.186. The second kappa shape index (κ2) is 11.2. The van der Waals surface area contributed by atoms with Crippen molar-refractivity contribution < 1.29 is 8.83 Å². The van der Waals surface area contributed by atoms with Crippen molar-refractivity contribution in [3.8, 4) is 45.3 Å². The number of furan rings is 2. The molecular weight excluding hydrogens is 641 g/mol. The van der Waals surface area contributed by atoms with E-state index in [4.69, 9.17) is 28.8 Å². The molecule has 11 aromatic rings. The number of rotatable bonds is 4. The lowest BCUT2D eigenvalue weighted by Crippen LogP contribution is -2.01. The summed E-state index contributed by atoms with van der Waals surface area (Å²) < 4.78 is 13.1. The summed E-state index contributed by atoms with van der Waals surface area (Å²) in [5.74, 6) is 1.66. The van der Waals surface area contributed by atoms with Crippen LogP contribution in [0.4, 0.5) is 0 Å². The summed E-state index contributed by atoms with van der Waals surface area (Å²) in [4.78, 5) is 20.7. The molecule has 0 spiro atoms. The van der Waals surface area contributed by atoms with Gasteiger partial charge in [0, 0.05) is 38.4 Å². The first kappa shape index (κ1) is 28.6. The summed E-state index contributed by atoms with van der Waals surface area (Å²) in [6.07, 6.45) is 0. The molecule has 0 unspecified atom stereocenters. The molecule has 0 aliphatic rings. The molecule has 52 heavy (non-hydrogen) atoms. The lowest BCUT2D eigenvalue weighted by molar-refractivity contribution is 0.669. The Morgan fingerprint density at radius 2 is 1.06 bits per heavy atom. The van der Waals surface area contributed by atoms with Crippen molar-refractivity contribution in [2.45, 2.75) is 0 Å². The van der Waals surface area contributed by atoms with Crippen molar-refractivity contribution in [3.05, 3.63) is 158 Å². The fourth-order valence-corrected chi connectivity index (χ4v) is 7.45. The highest BCUT2D eigenvalue weighted by Gasteiger charge is 2.23. The van der Waals surface area contributed by atoms with Crippen LogP contribution >= 0.6 is 0 Å². The fourth-order valence-electron chi connectivity index (χ4n) is 7.45. The molecule has 0 aliphatic carbocycles. The van der Waals surface area contributed by atoms with Gasteiger partial charge in [0.05, 0.1) is 10.9 Å². The Morgan fingerprint density at radius 3 is 1.94 bits per heavy atom. The lowest BCUT2D eigenvalue weighted by Gasteiger charge is -2.11. The van der Waals surface area contributed by atoms with Gasteiger partial charge in [-0.1, -0.05) is 115 Å². The van der Waals surface area contributed by atoms with Crippen LogP contribution in [0.25, 0.3) is 111 Å². The van der Waals surface area contributed by atoms with Crippen molar-refractivity contribution in [1.82, 2.24) is 19.9 Å². The van der Waals surface area contributed by atoms with Gasteiger partial charge in [-0.25, -0.2) is 19.9 Å². The topological polar surface area (TPSA) is 77.8 Å². The summed E-state index contributed by atoms with van der Waals surface area (Å²) in [6.45, 7) is 0. The Labute approximate surface area is 296 Å². The van der Waals surface area contributed by atoms with Gasteiger partial charge in [-0.05, 0) is 58.8 Å². The van der Waals surface area contributed by atoms with Gasteiger partial charge in [-0.2, -0.15) is 0 Å². The molecule has 0 saturated heterocycles. The summed E-state index contributed by atoms with van der Waals surface area (Å²) >= 11 is 0. The molecule has 0 aliphatic heterocycles. The van der Waals surface area contributed by atoms with Gasteiger partial charge < -0.3 is 8.83 Å². The van der Waals surface area contributed by atoms with E-state index in [0.29, 0.717) is 23.1 Å². The Bertz CT molecular complexity index is 3200. The Kier molecular flexibility index (Phi) is 6.15. The molecule has 0 amide bonds. The van der Waals surface area contributed by atoms with E-state index in [0.717, 1.165) is 82.5 Å². The molecule has 6 nitrogen and oxygen atoms in total. The van der Waals surface area contributed by atoms with Crippen LogP contribution in [0.5, 0.6) is 0 Å². The number of para-hydroxylation sites is 2. The predicted molar refractivity (Wildman–Crippen MR) is 209 cm³/mol. The molecule has 0 bridgehead atoms. The van der Waals surface area contributed by atoms with Gasteiger partial charge in [0.25, 0.3) is 0 Å². The van der Waals surface area contributed by atoms with E-state index >= 15 is 0 Å². The van der Waals surface area contributed by atoms with Gasteiger partial charge in [0.1, 0.15) is 22.3 Å². The summed E-state index contributed by atoms with van der Waals surface area (Å²) in [5, 5.41) is 6.19. The first-order valence-electron chi connectivity index (χ1n) is 17.2. The van der Waals surface area contributed by atoms with E-state index in [2.05, 4.69) is 78.9 Å². The van der Waals surface area contributed by atoms with Crippen LogP contribution in [-0.4, -0.2) is 19.9 Å². The van der Waals surface area contributed by atoms with Crippen LogP contribution in [0.1, 0.15) is 0 Å². The second-order valence-electron chi connectivity index (χ2n) is 13.0. The monoisotopic (exact) mass is 666 g/mol. The number of fused-ring (bicyclic) bond motifs is 8. The molecule has 0 N–H and O–H groups in total. The third kappa shape index (κ3) is 4.44. The minimum Gasteiger partial charge on any atom is -0.456 e. The standard InChI is InChI=1S/C46H26N4O2/c1-2-12-28(13-3-1)44-48-45(34-17-10-20-38-40(34)33-16-7-9-19-37(33)51-38)50-46(49-44)35-24-23-32(30-22-21-27-11-4-5-14-29(27)25-30)43-41(35)42-39(52-43)26-31-15-6-8-18-36(31)47-42/h1-26H. The lowest BCUT2D eigenvalue weighted by atomic mass is 9.97. The van der Waals surface area contributed by atoms with Crippen molar-refractivity contribution >= 4 is 65.7 Å². The molecule has 242 valence electrons. The van der Waals surface area contributed by atoms with E-state index in [1.165, 1.54) is 5.39 Å². The van der Waals surface area contributed by atoms with E-state index in [9.17, 15) is 0 Å². The summed E-state index contributed by atoms with van der Waals surface area (Å²) in [7, 11) is 0. The number of aromatic nitrogens is 4. The molecule has 0 saturated carbocycles. The average Bonchev–Trinajstić information content (AvgIpc) is 3.78. The normalized spacial score (nSPS) is 11.8. The van der Waals surface area contributed by atoms with Crippen molar-refractivity contribution in [2.24, 2.45) is 0 Å². The van der Waals surface area contributed by atoms with Gasteiger partial charge in [-0.15, -0.1) is 0 Å². The average molecular weight is 667 g/mol. The van der Waals surface area contributed by atoms with Crippen LogP contribution in [0.3, 0.4) is 0 Å². The predicted octanol–water partition coefficient (Wildman–Crippen LogP) is 12.0. The minimum atomic E-state index is 0.529. The Hall–Kier alpha value is -7.18. The molecular formula is C46H26N4O2. The Balaban J connectivity index is 1.22. The molecule has 0 radical (unpaired) electrons. The molecule has 6 heteroatoms. The smallest absolute Gasteiger partial charge is 0.164 e. The van der Waals surface area contributed by atoms with Crippen LogP contribution < -0.4 is 0 Å². The molecule has 11 rings (SSSR count). The Morgan fingerprint density at radius 1 is 0.365 bits per heavy atom. The number of hydrogen-bond acceptors (Lipinski definition) is 6. The van der Waals surface area contributed by atoms with Gasteiger partial charge in [-0.3, -0.25) is 0 Å². The molecule has 7 aromatic carbocycles. The van der Waals surface area contributed by atoms with Gasteiger partial charge in [0.2, 0.25) is 0 Å². The molecule has 4 heterocycles. The van der Waals surface area contributed by atoms with E-state index in [1.807, 2.05) is 78.9 Å². The first-order chi connectivity index (χ1) is 25.7. The number of pyridine rings is 1. The summed E-state index contributed by atoms with van der Waals surface area (Å²) in [5.41, 5.74) is 9.28. The van der Waals surface area contributed by atoms with Crippen molar-refractivity contribution in [1.29, 1.82) is 0 Å². The maximum atomic E-state index is 6.80. The van der Waals surface area contributed by atoms with Crippen molar-refractivity contribution in [3.63, 3.8) is 0 Å². The first-order valence-corrected chi connectivity index (χ1v) is 17.2. The molecule has 0 fully saturated rings. The number of hydrogen-bond donors (Lipinski definition) is 0. The zero-order chi connectivity index (χ0) is 34.2. The number of nitrogens with zero attached hydrogens (tertiary/aromatic N) is 4. The van der Waals surface area contributed by atoms with Crippen LogP contribution in [-0.2, 0) is 0 Å². The highest BCUT2D eigenvalue weighted by Crippen LogP contribution is 2.43. The maximum absolute atomic E-state index is 6.80. The maximum Gasteiger partial charge on any atom is 0.164 e. The fraction of sp³-hybridized carbons (Fsp3) is 0. The van der Waals surface area contributed by atoms with Crippen LogP contribution in [0.15, 0.2) is 167 Å². The summed E-state index contributed by atoms with van der Waals surface area (Å²) in [6, 6.07) is 53.5. The SMILES string of the molecule is c1ccc(-c2nc(-c3cccc4oc5ccccc5c34)nc(-c3ccc(-c4ccc5ccccc5c4)c4oc5cc6ccccc6nc5c34)n2)cc1. The second-order valence-corrected chi connectivity index (χ2v) is 13.0. The number of benzene rings is 7. The van der Waals surface area contributed by atoms with Gasteiger partial charge >= 0.3 is 0 Å². The van der Waals surface area contributed by atoms with Crippen molar-refractivity contribution in [2.75, 3.05) is 0 Å². The van der Waals surface area contributed by atoms with E-state index in [1.54, 1.807) is 0 Å². The third-order valence-electron chi connectivity index (χ3n) is 9.91. The van der Waals surface area contributed by atoms with E-state index in [-0.39, 0.29) is 0 Å². The zero-order valence-corrected chi connectivity index (χ0v) is 27.6. The van der Waals surface area contributed by atoms with E-state index < -0.39 is 0 Å². The highest BCUT2D eigenvalue weighted by atomic mass is 16.3. The third-order valence-corrected chi connectivity index (χ3v) is 9.91. The van der Waals surface area contributed by atoms with Crippen LogP contribution in [0.2, 0.25) is 0 Å². The van der Waals surface area contributed by atoms with Gasteiger partial charge in [0.15, 0.2) is 23.1 Å². The minimum absolute atomic E-state index is 0.529. The molecule has 0 atom stereocenters. The largest absolute Gasteiger partial charge is 0.456 e.